The van der Waals surface area contributed by atoms with Gasteiger partial charge in [-0.1, -0.05) is 30.3 Å². The molecule has 3 aromatic rings. The van der Waals surface area contributed by atoms with Gasteiger partial charge in [-0.2, -0.15) is 0 Å². The fourth-order valence-electron chi connectivity index (χ4n) is 3.15. The summed E-state index contributed by atoms with van der Waals surface area (Å²) in [5.41, 5.74) is 1.61. The number of benzene rings is 1. The molecule has 1 atom stereocenters. The Bertz CT molecular complexity index is 1130. The molecule has 0 saturated heterocycles. The first-order valence-corrected chi connectivity index (χ1v) is 9.23. The normalized spacial score (nSPS) is 11.7. The number of amides is 1. The molecular weight excluding hydrogens is 370 g/mol. The number of pyridine rings is 2. The highest BCUT2D eigenvalue weighted by Crippen LogP contribution is 2.16. The van der Waals surface area contributed by atoms with E-state index in [0.29, 0.717) is 17.0 Å². The summed E-state index contributed by atoms with van der Waals surface area (Å²) >= 11 is 0. The van der Waals surface area contributed by atoms with E-state index in [1.165, 1.54) is 13.2 Å². The van der Waals surface area contributed by atoms with Crippen LogP contribution in [0.2, 0.25) is 0 Å². The van der Waals surface area contributed by atoms with E-state index in [1.54, 1.807) is 29.8 Å². The van der Waals surface area contributed by atoms with Crippen molar-refractivity contribution in [1.82, 2.24) is 14.9 Å². The lowest BCUT2D eigenvalue weighted by Crippen LogP contribution is -2.30. The third kappa shape index (κ3) is 4.45. The Kier molecular flexibility index (Phi) is 5.97. The van der Waals surface area contributed by atoms with Crippen molar-refractivity contribution in [2.45, 2.75) is 26.4 Å². The van der Waals surface area contributed by atoms with Gasteiger partial charge in [-0.15, -0.1) is 0 Å². The van der Waals surface area contributed by atoms with Crippen molar-refractivity contribution in [2.75, 3.05) is 7.11 Å². The Morgan fingerprint density at radius 1 is 1.17 bits per heavy atom. The minimum atomic E-state index is -0.441. The Labute approximate surface area is 168 Å². The van der Waals surface area contributed by atoms with Gasteiger partial charge in [0.05, 0.1) is 25.3 Å². The maximum absolute atomic E-state index is 12.5. The lowest BCUT2D eigenvalue weighted by molar-refractivity contribution is 0.0950. The molecule has 1 aromatic carbocycles. The van der Waals surface area contributed by atoms with Crippen LogP contribution in [0.3, 0.4) is 0 Å². The zero-order valence-corrected chi connectivity index (χ0v) is 16.6. The van der Waals surface area contributed by atoms with Crippen molar-refractivity contribution in [3.63, 3.8) is 0 Å². The van der Waals surface area contributed by atoms with E-state index in [1.807, 2.05) is 37.3 Å². The van der Waals surface area contributed by atoms with Gasteiger partial charge in [0.25, 0.3) is 17.0 Å². The van der Waals surface area contributed by atoms with Crippen LogP contribution in [-0.2, 0) is 6.54 Å². The number of hydrogen-bond donors (Lipinski definition) is 2. The summed E-state index contributed by atoms with van der Waals surface area (Å²) in [6.07, 6.45) is 1.61. The number of hydrogen-bond acceptors (Lipinski definition) is 4. The lowest BCUT2D eigenvalue weighted by atomic mass is 10.1. The topological polar surface area (TPSA) is 93.2 Å². The zero-order chi connectivity index (χ0) is 21.0. The van der Waals surface area contributed by atoms with Crippen molar-refractivity contribution >= 4 is 5.91 Å². The number of nitrogens with zero attached hydrogens (tertiary/aromatic N) is 1. The molecule has 0 bridgehead atoms. The fraction of sp³-hybridized carbons (Fsp3) is 0.227. The summed E-state index contributed by atoms with van der Waals surface area (Å²) in [4.78, 5) is 39.8. The monoisotopic (exact) mass is 393 g/mol. The van der Waals surface area contributed by atoms with E-state index in [0.717, 1.165) is 5.56 Å². The molecule has 0 saturated carbocycles. The third-order valence-electron chi connectivity index (χ3n) is 4.79. The molecule has 0 aliphatic carbocycles. The fourth-order valence-corrected chi connectivity index (χ4v) is 3.15. The van der Waals surface area contributed by atoms with Gasteiger partial charge in [0, 0.05) is 23.5 Å². The van der Waals surface area contributed by atoms with Crippen molar-refractivity contribution < 1.29 is 9.53 Å². The van der Waals surface area contributed by atoms with E-state index >= 15 is 0 Å². The first-order chi connectivity index (χ1) is 13.9. The van der Waals surface area contributed by atoms with E-state index in [9.17, 15) is 14.4 Å². The molecule has 2 aromatic heterocycles. The second kappa shape index (κ2) is 8.60. The highest BCUT2D eigenvalue weighted by molar-refractivity contribution is 5.93. The summed E-state index contributed by atoms with van der Waals surface area (Å²) in [7, 11) is 1.47. The molecule has 2 heterocycles. The average Bonchev–Trinajstić information content (AvgIpc) is 2.72. The van der Waals surface area contributed by atoms with Gasteiger partial charge in [0.1, 0.15) is 5.75 Å². The molecule has 7 heteroatoms. The molecule has 2 N–H and O–H groups in total. The highest BCUT2D eigenvalue weighted by Gasteiger charge is 2.14. The Morgan fingerprint density at radius 3 is 2.55 bits per heavy atom. The van der Waals surface area contributed by atoms with E-state index in [4.69, 9.17) is 4.74 Å². The van der Waals surface area contributed by atoms with Crippen molar-refractivity contribution in [3.8, 4) is 5.75 Å². The molecule has 0 unspecified atom stereocenters. The SMILES string of the molecule is COc1cc(C)[nH]c(=O)c1CNC(=O)c1ccn([C@H](C)c2ccccc2)c(=O)c1. The summed E-state index contributed by atoms with van der Waals surface area (Å²) in [6, 6.07) is 14.1. The number of methoxy groups -OCH3 is 1. The standard InChI is InChI=1S/C22H23N3O4/c1-14-11-19(29-3)18(22(28)24-14)13-23-21(27)17-9-10-25(20(26)12-17)15(2)16-7-5-4-6-8-16/h4-12,15H,13H2,1-3H3,(H,23,27)(H,24,28)/t15-/m1/s1. The number of H-pyrrole nitrogens is 1. The zero-order valence-electron chi connectivity index (χ0n) is 16.6. The van der Waals surface area contributed by atoms with Crippen LogP contribution in [0, 0.1) is 6.92 Å². The number of nitrogens with one attached hydrogen (secondary N) is 2. The maximum Gasteiger partial charge on any atom is 0.256 e. The Balaban J connectivity index is 1.77. The molecular formula is C22H23N3O4. The second-order valence-corrected chi connectivity index (χ2v) is 6.76. The summed E-state index contributed by atoms with van der Waals surface area (Å²) < 4.78 is 6.79. The number of carbonyl (C=O) groups excluding carboxylic acids is 1. The van der Waals surface area contributed by atoms with E-state index in [2.05, 4.69) is 10.3 Å². The van der Waals surface area contributed by atoms with E-state index in [-0.39, 0.29) is 29.3 Å². The van der Waals surface area contributed by atoms with Crippen LogP contribution < -0.4 is 21.2 Å². The summed E-state index contributed by atoms with van der Waals surface area (Å²) in [5, 5.41) is 2.67. The van der Waals surface area contributed by atoms with Crippen molar-refractivity contribution in [3.05, 3.63) is 97.8 Å². The molecule has 29 heavy (non-hydrogen) atoms. The van der Waals surface area contributed by atoms with Gasteiger partial charge in [-0.25, -0.2) is 0 Å². The summed E-state index contributed by atoms with van der Waals surface area (Å²) in [5.74, 6) is -0.0395. The highest BCUT2D eigenvalue weighted by atomic mass is 16.5. The van der Waals surface area contributed by atoms with Crippen LogP contribution in [0.5, 0.6) is 5.75 Å². The Morgan fingerprint density at radius 2 is 1.90 bits per heavy atom. The largest absolute Gasteiger partial charge is 0.496 e. The first-order valence-electron chi connectivity index (χ1n) is 9.23. The Hall–Kier alpha value is -3.61. The molecule has 0 spiro atoms. The number of aromatic nitrogens is 2. The smallest absolute Gasteiger partial charge is 0.256 e. The van der Waals surface area contributed by atoms with Gasteiger partial charge >= 0.3 is 0 Å². The molecule has 1 amide bonds. The predicted molar refractivity (Wildman–Crippen MR) is 110 cm³/mol. The predicted octanol–water partition coefficient (Wildman–Crippen LogP) is 2.39. The van der Waals surface area contributed by atoms with Crippen LogP contribution in [0.25, 0.3) is 0 Å². The van der Waals surface area contributed by atoms with Gasteiger partial charge in [0.2, 0.25) is 0 Å². The molecule has 150 valence electrons. The van der Waals surface area contributed by atoms with Crippen LogP contribution in [0.1, 0.15) is 40.1 Å². The van der Waals surface area contributed by atoms with Crippen LogP contribution >= 0.6 is 0 Å². The van der Waals surface area contributed by atoms with Crippen molar-refractivity contribution in [2.24, 2.45) is 0 Å². The first kappa shape index (κ1) is 20.1. The lowest BCUT2D eigenvalue weighted by Gasteiger charge is -2.16. The molecule has 0 aliphatic heterocycles. The van der Waals surface area contributed by atoms with E-state index < -0.39 is 5.91 Å². The van der Waals surface area contributed by atoms with Gasteiger partial charge in [0.15, 0.2) is 0 Å². The number of aryl methyl sites for hydroxylation is 1. The number of rotatable bonds is 6. The number of carbonyl (C=O) groups is 1. The molecule has 0 radical (unpaired) electrons. The molecule has 7 nitrogen and oxygen atoms in total. The van der Waals surface area contributed by atoms with Crippen molar-refractivity contribution in [1.29, 1.82) is 0 Å². The van der Waals surface area contributed by atoms with Crippen LogP contribution in [0.4, 0.5) is 0 Å². The van der Waals surface area contributed by atoms with Crippen LogP contribution in [-0.4, -0.2) is 22.6 Å². The van der Waals surface area contributed by atoms with Gasteiger partial charge in [-0.3, -0.25) is 14.4 Å². The molecule has 3 rings (SSSR count). The third-order valence-corrected chi connectivity index (χ3v) is 4.79. The molecule has 0 fully saturated rings. The van der Waals surface area contributed by atoms with Gasteiger partial charge in [-0.05, 0) is 31.5 Å². The number of ether oxygens (including phenoxy) is 1. The maximum atomic E-state index is 12.5. The number of aromatic amines is 1. The van der Waals surface area contributed by atoms with Gasteiger partial charge < -0.3 is 19.6 Å². The quantitative estimate of drug-likeness (QED) is 0.673. The molecule has 0 aliphatic rings. The minimum absolute atomic E-state index is 0.0128. The average molecular weight is 393 g/mol. The second-order valence-electron chi connectivity index (χ2n) is 6.76. The minimum Gasteiger partial charge on any atom is -0.496 e. The van der Waals surface area contributed by atoms with Crippen LogP contribution in [0.15, 0.2) is 64.3 Å². The summed E-state index contributed by atoms with van der Waals surface area (Å²) in [6.45, 7) is 3.66.